The highest BCUT2D eigenvalue weighted by molar-refractivity contribution is 7.88. The Morgan fingerprint density at radius 1 is 1.16 bits per heavy atom. The molecular formula is C24H27N5O8S. The van der Waals surface area contributed by atoms with Crippen molar-refractivity contribution in [3.63, 3.8) is 0 Å². The van der Waals surface area contributed by atoms with Crippen LogP contribution in [0, 0.1) is 10.1 Å². The van der Waals surface area contributed by atoms with Crippen LogP contribution in [0.2, 0.25) is 0 Å². The first-order valence-corrected chi connectivity index (χ1v) is 13.1. The van der Waals surface area contributed by atoms with Crippen LogP contribution >= 0.6 is 0 Å². The maximum atomic E-state index is 13.5. The van der Waals surface area contributed by atoms with E-state index < -0.39 is 57.2 Å². The second-order valence-corrected chi connectivity index (χ2v) is 10.3. The van der Waals surface area contributed by atoms with E-state index in [9.17, 15) is 38.0 Å². The lowest BCUT2D eigenvalue weighted by Crippen LogP contribution is -2.56. The smallest absolute Gasteiger partial charge is 0.319 e. The van der Waals surface area contributed by atoms with Crippen LogP contribution in [-0.2, 0) is 25.4 Å². The molecule has 38 heavy (non-hydrogen) atoms. The molecule has 1 aliphatic rings. The Kier molecular flexibility index (Phi) is 9.15. The molecule has 1 heterocycles. The van der Waals surface area contributed by atoms with E-state index in [0.29, 0.717) is 5.56 Å². The number of carbonyl (C=O) groups excluding carboxylic acids is 2. The average Bonchev–Trinajstić information content (AvgIpc) is 3.34. The molecule has 0 aromatic heterocycles. The number of nitrogens with one attached hydrogen (secondary N) is 2. The van der Waals surface area contributed by atoms with Crippen LogP contribution in [0.3, 0.4) is 0 Å². The number of carboxylic acid groups (broad SMARTS) is 1. The average molecular weight is 546 g/mol. The minimum Gasteiger partial charge on any atom is -0.481 e. The lowest BCUT2D eigenvalue weighted by molar-refractivity contribution is -0.384. The van der Waals surface area contributed by atoms with Gasteiger partial charge >= 0.3 is 12.0 Å². The largest absolute Gasteiger partial charge is 0.481 e. The fourth-order valence-corrected chi connectivity index (χ4v) is 5.69. The van der Waals surface area contributed by atoms with Gasteiger partial charge in [-0.25, -0.2) is 13.2 Å². The van der Waals surface area contributed by atoms with E-state index in [0.717, 1.165) is 15.3 Å². The third-order valence-electron chi connectivity index (χ3n) is 5.75. The van der Waals surface area contributed by atoms with Gasteiger partial charge in [0.2, 0.25) is 10.0 Å². The summed E-state index contributed by atoms with van der Waals surface area (Å²) >= 11 is 0. The topological polar surface area (TPSA) is 179 Å². The molecule has 1 fully saturated rings. The van der Waals surface area contributed by atoms with Crippen molar-refractivity contribution in [1.82, 2.24) is 19.8 Å². The number of amides is 3. The van der Waals surface area contributed by atoms with Crippen LogP contribution in [-0.4, -0.2) is 71.4 Å². The van der Waals surface area contributed by atoms with Gasteiger partial charge in [0.15, 0.2) is 6.17 Å². The van der Waals surface area contributed by atoms with E-state index in [1.165, 1.54) is 24.3 Å². The number of carboxylic acids is 1. The second kappa shape index (κ2) is 12.3. The number of nitro groups is 1. The summed E-state index contributed by atoms with van der Waals surface area (Å²) in [4.78, 5) is 49.5. The number of non-ortho nitro benzene ring substituents is 1. The van der Waals surface area contributed by atoms with E-state index >= 15 is 0 Å². The molecule has 2 aromatic carbocycles. The van der Waals surface area contributed by atoms with E-state index in [4.69, 9.17) is 0 Å². The van der Waals surface area contributed by atoms with Crippen LogP contribution in [0.4, 0.5) is 10.5 Å². The maximum Gasteiger partial charge on any atom is 0.319 e. The summed E-state index contributed by atoms with van der Waals surface area (Å²) in [5.41, 5.74) is 0.293. The summed E-state index contributed by atoms with van der Waals surface area (Å²) in [6.45, 7) is 3.30. The zero-order valence-electron chi connectivity index (χ0n) is 20.2. The Hall–Kier alpha value is -4.30. The molecule has 1 aliphatic heterocycles. The zero-order chi connectivity index (χ0) is 27.9. The molecule has 1 saturated heterocycles. The number of rotatable bonds is 11. The molecule has 202 valence electrons. The number of aliphatic carboxylic acids is 1. The minimum atomic E-state index is -4.11. The summed E-state index contributed by atoms with van der Waals surface area (Å²) in [5, 5.41) is 25.6. The second-order valence-electron chi connectivity index (χ2n) is 8.41. The van der Waals surface area contributed by atoms with Gasteiger partial charge in [-0.15, -0.1) is 6.58 Å². The van der Waals surface area contributed by atoms with Gasteiger partial charge in [0.25, 0.3) is 11.6 Å². The van der Waals surface area contributed by atoms with Crippen LogP contribution in [0.1, 0.15) is 23.6 Å². The van der Waals surface area contributed by atoms with Crippen molar-refractivity contribution >= 4 is 33.6 Å². The van der Waals surface area contributed by atoms with Gasteiger partial charge in [-0.2, -0.15) is 4.31 Å². The van der Waals surface area contributed by atoms with Crippen molar-refractivity contribution in [1.29, 1.82) is 0 Å². The van der Waals surface area contributed by atoms with E-state index in [1.54, 1.807) is 30.3 Å². The molecule has 0 bridgehead atoms. The number of carbonyl (C=O) groups is 3. The molecule has 2 aromatic rings. The minimum absolute atomic E-state index is 0.0652. The predicted molar refractivity (Wildman–Crippen MR) is 136 cm³/mol. The van der Waals surface area contributed by atoms with E-state index in [2.05, 4.69) is 17.2 Å². The summed E-state index contributed by atoms with van der Waals surface area (Å²) < 4.78 is 27.6. The predicted octanol–water partition coefficient (Wildman–Crippen LogP) is 1.60. The van der Waals surface area contributed by atoms with Crippen LogP contribution in [0.15, 0.2) is 67.3 Å². The summed E-state index contributed by atoms with van der Waals surface area (Å²) in [5.74, 6) is -2.68. The number of nitrogens with zero attached hydrogens (tertiary/aromatic N) is 3. The third kappa shape index (κ3) is 6.92. The van der Waals surface area contributed by atoms with Gasteiger partial charge in [-0.05, 0) is 11.1 Å². The van der Waals surface area contributed by atoms with Gasteiger partial charge < -0.3 is 15.7 Å². The summed E-state index contributed by atoms with van der Waals surface area (Å²) in [6, 6.07) is 11.4. The molecule has 0 spiro atoms. The lowest BCUT2D eigenvalue weighted by Gasteiger charge is -2.30. The van der Waals surface area contributed by atoms with E-state index in [-0.39, 0.29) is 30.9 Å². The van der Waals surface area contributed by atoms with Gasteiger partial charge in [0, 0.05) is 31.8 Å². The summed E-state index contributed by atoms with van der Waals surface area (Å²) in [7, 11) is -4.11. The fraction of sp³-hybridized carbons (Fsp3) is 0.292. The third-order valence-corrected chi connectivity index (χ3v) is 7.55. The number of hydrogen-bond donors (Lipinski definition) is 3. The first-order valence-electron chi connectivity index (χ1n) is 11.5. The Balaban J connectivity index is 1.95. The molecule has 3 amide bonds. The molecule has 0 saturated carbocycles. The zero-order valence-corrected chi connectivity index (χ0v) is 21.0. The van der Waals surface area contributed by atoms with Crippen LogP contribution in [0.25, 0.3) is 0 Å². The van der Waals surface area contributed by atoms with Crippen molar-refractivity contribution < 1.29 is 32.8 Å². The molecule has 0 aliphatic carbocycles. The first-order chi connectivity index (χ1) is 18.0. The number of nitro benzene ring substituents is 1. The molecular weight excluding hydrogens is 518 g/mol. The molecule has 13 nitrogen and oxygen atoms in total. The SMILES string of the molecule is C=CCNC(=O)N1CCN(S(=O)(=O)Cc2ccccc2)C1C(=O)NC(CC(=O)O)c1cccc([N+](=O)[O-])c1. The van der Waals surface area contributed by atoms with Crippen LogP contribution in [0.5, 0.6) is 0 Å². The first kappa shape index (κ1) is 28.3. The Morgan fingerprint density at radius 3 is 2.50 bits per heavy atom. The summed E-state index contributed by atoms with van der Waals surface area (Å²) in [6.07, 6.45) is -0.847. The Morgan fingerprint density at radius 2 is 1.87 bits per heavy atom. The molecule has 14 heteroatoms. The molecule has 2 atom stereocenters. The number of sulfonamides is 1. The van der Waals surface area contributed by atoms with Gasteiger partial charge in [0.05, 0.1) is 23.1 Å². The highest BCUT2D eigenvalue weighted by atomic mass is 32.2. The van der Waals surface area contributed by atoms with Crippen LogP contribution < -0.4 is 10.6 Å². The number of benzene rings is 2. The Labute approximate surface area is 218 Å². The van der Waals surface area contributed by atoms with Gasteiger partial charge in [-0.1, -0.05) is 48.5 Å². The van der Waals surface area contributed by atoms with Gasteiger partial charge in [0.1, 0.15) is 0 Å². The lowest BCUT2D eigenvalue weighted by atomic mass is 10.0. The monoisotopic (exact) mass is 545 g/mol. The Bertz CT molecular complexity index is 1320. The number of urea groups is 1. The molecule has 2 unspecified atom stereocenters. The maximum absolute atomic E-state index is 13.5. The van der Waals surface area contributed by atoms with Crippen molar-refractivity contribution in [2.75, 3.05) is 19.6 Å². The van der Waals surface area contributed by atoms with Crippen molar-refractivity contribution in [2.45, 2.75) is 24.4 Å². The van der Waals surface area contributed by atoms with Crippen molar-refractivity contribution in [3.8, 4) is 0 Å². The highest BCUT2D eigenvalue weighted by Gasteiger charge is 2.46. The van der Waals surface area contributed by atoms with E-state index in [1.807, 2.05) is 0 Å². The molecule has 0 radical (unpaired) electrons. The number of hydrogen-bond acceptors (Lipinski definition) is 7. The normalized spacial score (nSPS) is 16.4. The van der Waals surface area contributed by atoms with Crippen molar-refractivity contribution in [3.05, 3.63) is 88.5 Å². The van der Waals surface area contributed by atoms with Gasteiger partial charge in [-0.3, -0.25) is 24.6 Å². The fourth-order valence-electron chi connectivity index (χ4n) is 4.04. The highest BCUT2D eigenvalue weighted by Crippen LogP contribution is 2.26. The molecule has 3 rings (SSSR count). The quantitative estimate of drug-likeness (QED) is 0.216. The van der Waals surface area contributed by atoms with Crippen molar-refractivity contribution in [2.24, 2.45) is 0 Å². The molecule has 3 N–H and O–H groups in total. The standard InChI is InChI=1S/C24H27N5O8S/c1-2-11-25-24(33)27-12-13-28(38(36,37)16-17-7-4-3-5-8-17)23(27)22(32)26-20(15-21(30)31)18-9-6-10-19(14-18)29(34)35/h2-10,14,20,23H,1,11-13,15-16H2,(H,25,33)(H,26,32)(H,30,31).